The van der Waals surface area contributed by atoms with Crippen molar-refractivity contribution in [1.82, 2.24) is 9.13 Å². The molecule has 0 bridgehead atoms. The lowest BCUT2D eigenvalue weighted by molar-refractivity contribution is -0.384. The van der Waals surface area contributed by atoms with Gasteiger partial charge < -0.3 is 19.4 Å². The number of carbonyl (C=O) groups is 2. The highest BCUT2D eigenvalue weighted by Gasteiger charge is 2.18. The Balaban J connectivity index is 1.10. The van der Waals surface area contributed by atoms with Gasteiger partial charge in [0.25, 0.3) is 5.69 Å². The molecule has 272 valence electrons. The summed E-state index contributed by atoms with van der Waals surface area (Å²) in [6, 6.07) is 30.6. The molecular formula is C44H41N5O5. The number of nitro groups is 1. The number of fused-ring (bicyclic) bond motifs is 6. The summed E-state index contributed by atoms with van der Waals surface area (Å²) in [6.07, 6.45) is 3.87. The molecule has 10 nitrogen and oxygen atoms in total. The molecule has 2 aromatic heterocycles. The van der Waals surface area contributed by atoms with Gasteiger partial charge in [0.1, 0.15) is 0 Å². The highest BCUT2D eigenvalue weighted by atomic mass is 16.7. The minimum absolute atomic E-state index is 0.000395. The second-order valence-electron chi connectivity index (χ2n) is 13.9. The van der Waals surface area contributed by atoms with E-state index in [1.165, 1.54) is 6.92 Å². The summed E-state index contributed by atoms with van der Waals surface area (Å²) in [4.78, 5) is 41.0. The summed E-state index contributed by atoms with van der Waals surface area (Å²) in [5.74, 6) is -0.508. The smallest absolute Gasteiger partial charge is 0.331 e. The van der Waals surface area contributed by atoms with Gasteiger partial charge in [0.2, 0.25) is 0 Å². The third kappa shape index (κ3) is 6.90. The van der Waals surface area contributed by atoms with Crippen molar-refractivity contribution in [2.45, 2.75) is 66.5 Å². The fraction of sp³-hybridized carbons (Fsp3) is 0.227. The topological polar surface area (TPSA) is 133 Å². The fourth-order valence-electron chi connectivity index (χ4n) is 7.45. The van der Waals surface area contributed by atoms with E-state index >= 15 is 0 Å². The molecule has 0 aliphatic rings. The number of hydrogen-bond acceptors (Lipinski definition) is 7. The molecule has 7 aromatic rings. The number of benzene rings is 5. The highest BCUT2D eigenvalue weighted by Crippen LogP contribution is 2.34. The standard InChI is InChI=1S/C44H41N5O5/c1-27-11-7-8-12-35(27)44(51)33-15-19-42-38(25-33)36-23-31(28(2)45)13-17-40(36)47(42)21-9-5-6-10-22-48-41-18-14-32(29(3)46-54-30(4)50)24-37(41)39-26-34(49(52)53)16-20-43(39)48/h7-8,11-20,23-26,45H,5-6,9-10,21-22H2,1-4H3/b45-28?,46-29+. The van der Waals surface area contributed by atoms with Crippen LogP contribution in [0.15, 0.2) is 102 Å². The van der Waals surface area contributed by atoms with E-state index in [9.17, 15) is 19.7 Å². The number of oxime groups is 1. The molecule has 0 fully saturated rings. The number of unbranched alkanes of at least 4 members (excludes halogenated alkanes) is 3. The third-order valence-corrected chi connectivity index (χ3v) is 10.3. The summed E-state index contributed by atoms with van der Waals surface area (Å²) in [7, 11) is 0. The maximum absolute atomic E-state index is 13.6. The van der Waals surface area contributed by atoms with Crippen molar-refractivity contribution in [2.75, 3.05) is 0 Å². The summed E-state index contributed by atoms with van der Waals surface area (Å²) in [5.41, 5.74) is 9.02. The van der Waals surface area contributed by atoms with Gasteiger partial charge in [-0.25, -0.2) is 4.79 Å². The van der Waals surface area contributed by atoms with Crippen molar-refractivity contribution in [3.63, 3.8) is 0 Å². The molecule has 0 amide bonds. The molecule has 0 unspecified atom stereocenters. The first-order valence-electron chi connectivity index (χ1n) is 18.2. The van der Waals surface area contributed by atoms with E-state index in [4.69, 9.17) is 10.2 Å². The lowest BCUT2D eigenvalue weighted by atomic mass is 9.97. The van der Waals surface area contributed by atoms with E-state index in [2.05, 4.69) is 32.5 Å². The van der Waals surface area contributed by atoms with Crippen LogP contribution in [0.3, 0.4) is 0 Å². The second-order valence-corrected chi connectivity index (χ2v) is 13.9. The third-order valence-electron chi connectivity index (χ3n) is 10.3. The number of aromatic nitrogens is 2. The molecule has 0 radical (unpaired) electrons. The van der Waals surface area contributed by atoms with Crippen molar-refractivity contribution in [3.8, 4) is 0 Å². The second kappa shape index (κ2) is 14.9. The molecular weight excluding hydrogens is 679 g/mol. The lowest BCUT2D eigenvalue weighted by Gasteiger charge is -2.10. The molecule has 10 heteroatoms. The molecule has 5 aromatic carbocycles. The predicted molar refractivity (Wildman–Crippen MR) is 215 cm³/mol. The van der Waals surface area contributed by atoms with Crippen LogP contribution in [-0.4, -0.2) is 37.2 Å². The van der Waals surface area contributed by atoms with Gasteiger partial charge in [-0.05, 0) is 98.8 Å². The maximum atomic E-state index is 13.6. The quantitative estimate of drug-likeness (QED) is 0.0316. The zero-order valence-corrected chi connectivity index (χ0v) is 30.8. The van der Waals surface area contributed by atoms with Crippen LogP contribution in [0.4, 0.5) is 5.69 Å². The maximum Gasteiger partial charge on any atom is 0.331 e. The van der Waals surface area contributed by atoms with Crippen LogP contribution in [0.1, 0.15) is 79.1 Å². The van der Waals surface area contributed by atoms with Gasteiger partial charge in [-0.15, -0.1) is 0 Å². The van der Waals surface area contributed by atoms with Crippen LogP contribution in [0.25, 0.3) is 43.6 Å². The Kier molecular flexibility index (Phi) is 9.92. The highest BCUT2D eigenvalue weighted by molar-refractivity contribution is 6.16. The summed E-state index contributed by atoms with van der Waals surface area (Å²) >= 11 is 0. The van der Waals surface area contributed by atoms with Gasteiger partial charge in [0.15, 0.2) is 5.78 Å². The number of rotatable bonds is 13. The van der Waals surface area contributed by atoms with Gasteiger partial charge in [0, 0.05) is 92.6 Å². The fourth-order valence-corrected chi connectivity index (χ4v) is 7.45. The Bertz CT molecular complexity index is 2680. The van der Waals surface area contributed by atoms with Crippen molar-refractivity contribution >= 4 is 72.5 Å². The van der Waals surface area contributed by atoms with Crippen molar-refractivity contribution in [1.29, 1.82) is 5.41 Å². The van der Waals surface area contributed by atoms with Crippen molar-refractivity contribution in [3.05, 3.63) is 135 Å². The van der Waals surface area contributed by atoms with E-state index in [1.54, 1.807) is 26.0 Å². The van der Waals surface area contributed by atoms with Crippen LogP contribution in [-0.2, 0) is 22.7 Å². The molecule has 1 N–H and O–H groups in total. The molecule has 0 saturated carbocycles. The number of hydrogen-bond donors (Lipinski definition) is 1. The first-order valence-corrected chi connectivity index (χ1v) is 18.2. The Labute approximate surface area is 312 Å². The van der Waals surface area contributed by atoms with Crippen LogP contribution < -0.4 is 0 Å². The molecule has 7 rings (SSSR count). The number of nitrogens with one attached hydrogen (secondary N) is 1. The van der Waals surface area contributed by atoms with Gasteiger partial charge in [0.05, 0.1) is 10.6 Å². The van der Waals surface area contributed by atoms with Crippen LogP contribution >= 0.6 is 0 Å². The van der Waals surface area contributed by atoms with E-state index in [1.807, 2.05) is 73.7 Å². The van der Waals surface area contributed by atoms with Gasteiger partial charge in [-0.2, -0.15) is 0 Å². The Morgan fingerprint density at radius 1 is 0.685 bits per heavy atom. The van der Waals surface area contributed by atoms with Crippen LogP contribution in [0.5, 0.6) is 0 Å². The summed E-state index contributed by atoms with van der Waals surface area (Å²) in [5, 5.41) is 27.6. The average molecular weight is 720 g/mol. The summed E-state index contributed by atoms with van der Waals surface area (Å²) in [6.45, 7) is 8.35. The SMILES string of the molecule is CC(=N)c1ccc2c(c1)c1cc(C(=O)c3ccccc3C)ccc1n2CCCCCCn1c2ccc(/C(C)=N/OC(C)=O)cc2c2cc([N+](=O)[O-])ccc21. The van der Waals surface area contributed by atoms with E-state index in [-0.39, 0.29) is 16.4 Å². The first kappa shape index (κ1) is 36.0. The number of nitro benzene ring substituents is 1. The summed E-state index contributed by atoms with van der Waals surface area (Å²) < 4.78 is 4.56. The zero-order valence-electron chi connectivity index (χ0n) is 30.8. The average Bonchev–Trinajstić information content (AvgIpc) is 3.65. The minimum atomic E-state index is -0.508. The number of non-ortho nitro benzene ring substituents is 1. The Morgan fingerprint density at radius 2 is 1.19 bits per heavy atom. The lowest BCUT2D eigenvalue weighted by Crippen LogP contribution is -2.03. The number of aryl methyl sites for hydroxylation is 3. The number of ketones is 1. The van der Waals surface area contributed by atoms with Crippen molar-refractivity contribution < 1.29 is 19.3 Å². The van der Waals surface area contributed by atoms with E-state index in [0.717, 1.165) is 99.1 Å². The minimum Gasteiger partial charge on any atom is -0.340 e. The number of carbonyl (C=O) groups excluding carboxylic acids is 2. The predicted octanol–water partition coefficient (Wildman–Crippen LogP) is 10.3. The monoisotopic (exact) mass is 719 g/mol. The normalized spacial score (nSPS) is 11.9. The number of nitrogens with zero attached hydrogens (tertiary/aromatic N) is 4. The van der Waals surface area contributed by atoms with Crippen molar-refractivity contribution in [2.24, 2.45) is 5.16 Å². The first-order chi connectivity index (χ1) is 26.0. The van der Waals surface area contributed by atoms with E-state index in [0.29, 0.717) is 22.6 Å². The molecule has 0 atom stereocenters. The Morgan fingerprint density at radius 3 is 1.74 bits per heavy atom. The van der Waals surface area contributed by atoms with Gasteiger partial charge in [-0.1, -0.05) is 54.4 Å². The largest absolute Gasteiger partial charge is 0.340 e. The van der Waals surface area contributed by atoms with Crippen LogP contribution in [0, 0.1) is 22.4 Å². The molecule has 0 aliphatic heterocycles. The molecule has 2 heterocycles. The van der Waals surface area contributed by atoms with Gasteiger partial charge in [-0.3, -0.25) is 14.9 Å². The Hall–Kier alpha value is -6.42. The molecule has 0 aliphatic carbocycles. The molecule has 54 heavy (non-hydrogen) atoms. The molecule has 0 spiro atoms. The van der Waals surface area contributed by atoms with Crippen LogP contribution in [0.2, 0.25) is 0 Å². The van der Waals surface area contributed by atoms with Gasteiger partial charge >= 0.3 is 5.97 Å². The van der Waals surface area contributed by atoms with E-state index < -0.39 is 5.97 Å². The molecule has 0 saturated heterocycles. The zero-order chi connectivity index (χ0) is 38.1.